The topological polar surface area (TPSA) is 66.5 Å². The molecule has 2 rings (SSSR count). The number of sulfonamides is 1. The molecule has 6 heteroatoms. The maximum Gasteiger partial charge on any atom is 0.241 e. The third kappa shape index (κ3) is 5.37. The highest BCUT2D eigenvalue weighted by Gasteiger charge is 2.20. The van der Waals surface area contributed by atoms with Gasteiger partial charge in [-0.2, -0.15) is 0 Å². The van der Waals surface area contributed by atoms with Crippen LogP contribution in [0.2, 0.25) is 0 Å². The third-order valence-electron chi connectivity index (χ3n) is 4.22. The van der Waals surface area contributed by atoms with Gasteiger partial charge < -0.3 is 5.32 Å². The highest BCUT2D eigenvalue weighted by atomic mass is 32.2. The molecule has 0 saturated carbocycles. The summed E-state index contributed by atoms with van der Waals surface area (Å²) in [7, 11) is -3.52. The summed E-state index contributed by atoms with van der Waals surface area (Å²) in [5, 5.41) is 2.83. The first-order valence-corrected chi connectivity index (χ1v) is 10.3. The Hall–Kier alpha value is -1.82. The minimum atomic E-state index is -3.52. The van der Waals surface area contributed by atoms with E-state index in [4.69, 9.17) is 0 Å². The van der Waals surface area contributed by atoms with Crippen LogP contribution in [0.1, 0.15) is 38.2 Å². The number of anilines is 1. The number of hydrogen-bond acceptors (Lipinski definition) is 3. The molecule has 0 aromatic heterocycles. The van der Waals surface area contributed by atoms with Crippen LogP contribution in [0, 0.1) is 0 Å². The van der Waals surface area contributed by atoms with E-state index in [1.807, 2.05) is 19.1 Å². The van der Waals surface area contributed by atoms with Gasteiger partial charge in [0.2, 0.25) is 15.9 Å². The van der Waals surface area contributed by atoms with Crippen molar-refractivity contribution in [1.29, 1.82) is 0 Å². The van der Waals surface area contributed by atoms with E-state index in [9.17, 15) is 13.2 Å². The molecule has 0 heterocycles. The molecular weight excluding hydrogens is 324 g/mol. The Bertz CT molecular complexity index is 693. The molecule has 0 saturated heterocycles. The Labute approximate surface area is 144 Å². The standard InChI is InChI=1S/C18H26N2O3S/c1-3-15-9-11-17(12-10-15)20(24(2,22)23)14-18(21)19-13-16-7-5-4-6-8-16/h7,9-12H,3-6,8,13-14H2,1-2H3,(H,19,21). The number of carbonyl (C=O) groups is 1. The molecule has 0 fully saturated rings. The number of amides is 1. The summed E-state index contributed by atoms with van der Waals surface area (Å²) in [5.74, 6) is -0.286. The number of aryl methyl sites for hydroxylation is 1. The van der Waals surface area contributed by atoms with Gasteiger partial charge in [-0.05, 0) is 49.8 Å². The van der Waals surface area contributed by atoms with Crippen molar-refractivity contribution >= 4 is 21.6 Å². The number of benzene rings is 1. The summed E-state index contributed by atoms with van der Waals surface area (Å²) in [6, 6.07) is 7.27. The average molecular weight is 350 g/mol. The fourth-order valence-electron chi connectivity index (χ4n) is 2.76. The summed E-state index contributed by atoms with van der Waals surface area (Å²) in [6.45, 7) is 2.35. The molecule has 0 spiro atoms. The van der Waals surface area contributed by atoms with Crippen LogP contribution in [0.5, 0.6) is 0 Å². The van der Waals surface area contributed by atoms with Crippen LogP contribution in [0.25, 0.3) is 0 Å². The Balaban J connectivity index is 2.02. The SMILES string of the molecule is CCc1ccc(N(CC(=O)NCC2=CCCCC2)S(C)(=O)=O)cc1. The zero-order chi connectivity index (χ0) is 17.6. The second kappa shape index (κ2) is 8.33. The molecule has 1 aliphatic rings. The fraction of sp³-hybridized carbons (Fsp3) is 0.500. The van der Waals surface area contributed by atoms with Gasteiger partial charge in [0.1, 0.15) is 6.54 Å². The Morgan fingerprint density at radius 2 is 1.92 bits per heavy atom. The van der Waals surface area contributed by atoms with Gasteiger partial charge in [-0.25, -0.2) is 8.42 Å². The van der Waals surface area contributed by atoms with Gasteiger partial charge in [-0.3, -0.25) is 9.10 Å². The van der Waals surface area contributed by atoms with Crippen molar-refractivity contribution in [3.8, 4) is 0 Å². The summed E-state index contributed by atoms with van der Waals surface area (Å²) in [6.07, 6.45) is 8.60. The molecule has 1 aromatic rings. The smallest absolute Gasteiger partial charge is 0.241 e. The summed E-state index contributed by atoms with van der Waals surface area (Å²) in [5.41, 5.74) is 2.87. The van der Waals surface area contributed by atoms with E-state index < -0.39 is 10.0 Å². The van der Waals surface area contributed by atoms with E-state index in [1.165, 1.54) is 12.0 Å². The maximum absolute atomic E-state index is 12.2. The summed E-state index contributed by atoms with van der Waals surface area (Å²) >= 11 is 0. The van der Waals surface area contributed by atoms with Crippen LogP contribution >= 0.6 is 0 Å². The van der Waals surface area contributed by atoms with E-state index in [0.717, 1.165) is 41.8 Å². The van der Waals surface area contributed by atoms with Crippen LogP contribution in [-0.2, 0) is 21.2 Å². The van der Waals surface area contributed by atoms with E-state index in [-0.39, 0.29) is 12.5 Å². The molecule has 132 valence electrons. The average Bonchev–Trinajstić information content (AvgIpc) is 2.58. The molecule has 24 heavy (non-hydrogen) atoms. The fourth-order valence-corrected chi connectivity index (χ4v) is 3.62. The minimum absolute atomic E-state index is 0.197. The van der Waals surface area contributed by atoms with Crippen LogP contribution in [0.4, 0.5) is 5.69 Å². The van der Waals surface area contributed by atoms with Crippen LogP contribution < -0.4 is 9.62 Å². The van der Waals surface area contributed by atoms with Crippen molar-refractivity contribution in [2.24, 2.45) is 0 Å². The molecule has 1 N–H and O–H groups in total. The van der Waals surface area contributed by atoms with Crippen molar-refractivity contribution in [3.63, 3.8) is 0 Å². The first kappa shape index (κ1) is 18.5. The lowest BCUT2D eigenvalue weighted by molar-refractivity contribution is -0.119. The lowest BCUT2D eigenvalue weighted by Gasteiger charge is -2.22. The lowest BCUT2D eigenvalue weighted by atomic mass is 10.00. The monoisotopic (exact) mass is 350 g/mol. The first-order valence-electron chi connectivity index (χ1n) is 8.41. The molecular formula is C18H26N2O3S. The predicted molar refractivity (Wildman–Crippen MR) is 97.6 cm³/mol. The van der Waals surface area contributed by atoms with Crippen LogP contribution in [0.15, 0.2) is 35.9 Å². The van der Waals surface area contributed by atoms with Crippen molar-refractivity contribution in [1.82, 2.24) is 5.32 Å². The van der Waals surface area contributed by atoms with Crippen LogP contribution in [0.3, 0.4) is 0 Å². The Morgan fingerprint density at radius 3 is 2.46 bits per heavy atom. The second-order valence-electron chi connectivity index (χ2n) is 6.17. The van der Waals surface area contributed by atoms with Crippen molar-refractivity contribution in [2.75, 3.05) is 23.7 Å². The molecule has 0 bridgehead atoms. The van der Waals surface area contributed by atoms with Gasteiger partial charge in [0.15, 0.2) is 0 Å². The zero-order valence-electron chi connectivity index (χ0n) is 14.4. The molecule has 0 radical (unpaired) electrons. The summed E-state index contributed by atoms with van der Waals surface area (Å²) < 4.78 is 25.3. The largest absolute Gasteiger partial charge is 0.351 e. The Kier molecular flexibility index (Phi) is 6.43. The van der Waals surface area contributed by atoms with E-state index in [1.54, 1.807) is 12.1 Å². The molecule has 1 aromatic carbocycles. The van der Waals surface area contributed by atoms with Crippen molar-refractivity contribution in [3.05, 3.63) is 41.5 Å². The number of nitrogens with one attached hydrogen (secondary N) is 1. The Morgan fingerprint density at radius 1 is 1.21 bits per heavy atom. The van der Waals surface area contributed by atoms with E-state index in [2.05, 4.69) is 11.4 Å². The highest BCUT2D eigenvalue weighted by Crippen LogP contribution is 2.19. The number of allylic oxidation sites excluding steroid dienone is 1. The number of carbonyl (C=O) groups excluding carboxylic acids is 1. The van der Waals surface area contributed by atoms with Crippen molar-refractivity contribution in [2.45, 2.75) is 39.0 Å². The molecule has 0 aliphatic heterocycles. The zero-order valence-corrected chi connectivity index (χ0v) is 15.2. The maximum atomic E-state index is 12.2. The van der Waals surface area contributed by atoms with Gasteiger partial charge in [0.25, 0.3) is 0 Å². The minimum Gasteiger partial charge on any atom is -0.351 e. The molecule has 0 atom stereocenters. The van der Waals surface area contributed by atoms with E-state index >= 15 is 0 Å². The number of nitrogens with zero attached hydrogens (tertiary/aromatic N) is 1. The molecule has 1 aliphatic carbocycles. The molecule has 0 unspecified atom stereocenters. The van der Waals surface area contributed by atoms with E-state index in [0.29, 0.717) is 12.2 Å². The van der Waals surface area contributed by atoms with Crippen LogP contribution in [-0.4, -0.2) is 33.7 Å². The van der Waals surface area contributed by atoms with Gasteiger partial charge in [0, 0.05) is 6.54 Å². The van der Waals surface area contributed by atoms with Gasteiger partial charge in [-0.1, -0.05) is 30.7 Å². The predicted octanol–water partition coefficient (Wildman–Crippen LogP) is 2.63. The van der Waals surface area contributed by atoms with Gasteiger partial charge in [-0.15, -0.1) is 0 Å². The summed E-state index contributed by atoms with van der Waals surface area (Å²) in [4.78, 5) is 12.2. The normalized spacial score (nSPS) is 14.8. The lowest BCUT2D eigenvalue weighted by Crippen LogP contribution is -2.41. The van der Waals surface area contributed by atoms with Gasteiger partial charge in [0.05, 0.1) is 11.9 Å². The first-order chi connectivity index (χ1) is 11.4. The quantitative estimate of drug-likeness (QED) is 0.769. The molecule has 1 amide bonds. The van der Waals surface area contributed by atoms with Crippen molar-refractivity contribution < 1.29 is 13.2 Å². The highest BCUT2D eigenvalue weighted by molar-refractivity contribution is 7.92. The molecule has 5 nitrogen and oxygen atoms in total. The number of hydrogen-bond donors (Lipinski definition) is 1. The third-order valence-corrected chi connectivity index (χ3v) is 5.36. The van der Waals surface area contributed by atoms with Gasteiger partial charge >= 0.3 is 0 Å². The second-order valence-corrected chi connectivity index (χ2v) is 8.08. The number of rotatable bonds is 7.